The third-order valence-corrected chi connectivity index (χ3v) is 5.26. The van der Waals surface area contributed by atoms with Gasteiger partial charge < -0.3 is 10.5 Å². The fraction of sp³-hybridized carbons (Fsp3) is 0.545. The first-order valence-corrected chi connectivity index (χ1v) is 7.45. The van der Waals surface area contributed by atoms with Crippen LogP contribution in [0.25, 0.3) is 0 Å². The fourth-order valence-electron chi connectivity index (χ4n) is 2.05. The Labute approximate surface area is 112 Å². The van der Waals surface area contributed by atoms with Crippen molar-refractivity contribution in [2.24, 2.45) is 5.84 Å². The van der Waals surface area contributed by atoms with Crippen molar-refractivity contribution in [1.82, 2.24) is 9.29 Å². The van der Waals surface area contributed by atoms with Gasteiger partial charge in [0.05, 0.1) is 5.60 Å². The number of nitrogens with zero attached hydrogens (tertiary/aromatic N) is 2. The predicted molar refractivity (Wildman–Crippen MR) is 70.7 cm³/mol. The van der Waals surface area contributed by atoms with Crippen LogP contribution in [0, 0.1) is 0 Å². The number of anilines is 1. The molecule has 4 N–H and O–H groups in total. The van der Waals surface area contributed by atoms with Crippen LogP contribution in [-0.4, -0.2) is 41.5 Å². The highest BCUT2D eigenvalue weighted by atomic mass is 32.2. The number of hydrogen-bond acceptors (Lipinski definition) is 6. The van der Waals surface area contributed by atoms with Gasteiger partial charge in [-0.3, -0.25) is 0 Å². The van der Waals surface area contributed by atoms with Crippen molar-refractivity contribution in [3.63, 3.8) is 0 Å². The molecule has 1 fully saturated rings. The van der Waals surface area contributed by atoms with Gasteiger partial charge in [0.25, 0.3) is 0 Å². The molecule has 1 saturated heterocycles. The standard InChI is InChI=1S/C11H18N4O3S/c1-11(16)4-7-15(8-5-11)19(17,18)9-3-2-6-13-10(9)14-12/h2-3,6,16H,4-5,7-8,12H2,1H3,(H,13,14). The van der Waals surface area contributed by atoms with Crippen LogP contribution in [0.1, 0.15) is 19.8 Å². The Hall–Kier alpha value is -1.22. The Balaban J connectivity index is 2.28. The lowest BCUT2D eigenvalue weighted by molar-refractivity contribution is 0.0126. The first-order chi connectivity index (χ1) is 8.87. The van der Waals surface area contributed by atoms with E-state index in [0.29, 0.717) is 12.8 Å². The highest BCUT2D eigenvalue weighted by Gasteiger charge is 2.35. The second kappa shape index (κ2) is 5.04. The zero-order chi connectivity index (χ0) is 14.1. The summed E-state index contributed by atoms with van der Waals surface area (Å²) in [6.45, 7) is 2.29. The van der Waals surface area contributed by atoms with E-state index in [0.717, 1.165) is 0 Å². The van der Waals surface area contributed by atoms with Crippen molar-refractivity contribution in [3.8, 4) is 0 Å². The highest BCUT2D eigenvalue weighted by Crippen LogP contribution is 2.28. The van der Waals surface area contributed by atoms with Gasteiger partial charge in [-0.2, -0.15) is 4.31 Å². The number of hydrazine groups is 1. The van der Waals surface area contributed by atoms with E-state index in [1.165, 1.54) is 16.6 Å². The quantitative estimate of drug-likeness (QED) is 0.529. The number of pyridine rings is 1. The Morgan fingerprint density at radius 1 is 1.47 bits per heavy atom. The van der Waals surface area contributed by atoms with Gasteiger partial charge in [0.2, 0.25) is 10.0 Å². The molecule has 0 saturated carbocycles. The second-order valence-electron chi connectivity index (χ2n) is 4.90. The number of rotatable bonds is 3. The van der Waals surface area contributed by atoms with E-state index in [9.17, 15) is 13.5 Å². The summed E-state index contributed by atoms with van der Waals surface area (Å²) in [6.07, 6.45) is 2.30. The minimum atomic E-state index is -3.64. The maximum absolute atomic E-state index is 12.5. The van der Waals surface area contributed by atoms with E-state index in [-0.39, 0.29) is 23.8 Å². The van der Waals surface area contributed by atoms with Crippen molar-refractivity contribution in [2.75, 3.05) is 18.5 Å². The molecule has 0 radical (unpaired) electrons. The summed E-state index contributed by atoms with van der Waals surface area (Å²) in [7, 11) is -3.64. The van der Waals surface area contributed by atoms with Gasteiger partial charge in [-0.25, -0.2) is 19.2 Å². The van der Waals surface area contributed by atoms with Crippen LogP contribution in [0.2, 0.25) is 0 Å². The average molecular weight is 286 g/mol. The van der Waals surface area contributed by atoms with Crippen LogP contribution in [-0.2, 0) is 10.0 Å². The van der Waals surface area contributed by atoms with Gasteiger partial charge in [0.15, 0.2) is 5.82 Å². The summed E-state index contributed by atoms with van der Waals surface area (Å²) in [5.74, 6) is 5.41. The number of aliphatic hydroxyl groups is 1. The summed E-state index contributed by atoms with van der Waals surface area (Å²) in [4.78, 5) is 3.95. The second-order valence-corrected chi connectivity index (χ2v) is 6.80. The summed E-state index contributed by atoms with van der Waals surface area (Å²) < 4.78 is 26.3. The van der Waals surface area contributed by atoms with Gasteiger partial charge in [-0.1, -0.05) is 0 Å². The molecule has 2 heterocycles. The molecule has 106 valence electrons. The third kappa shape index (κ3) is 2.86. The van der Waals surface area contributed by atoms with Crippen LogP contribution in [0.15, 0.2) is 23.2 Å². The first-order valence-electron chi connectivity index (χ1n) is 6.01. The number of hydrogen-bond donors (Lipinski definition) is 3. The van der Waals surface area contributed by atoms with Gasteiger partial charge in [-0.05, 0) is 31.9 Å². The molecule has 1 aliphatic rings. The van der Waals surface area contributed by atoms with Crippen LogP contribution in [0.4, 0.5) is 5.82 Å². The maximum Gasteiger partial charge on any atom is 0.246 e. The van der Waals surface area contributed by atoms with E-state index in [2.05, 4.69) is 10.4 Å². The molecule has 1 aliphatic heterocycles. The smallest absolute Gasteiger partial charge is 0.246 e. The van der Waals surface area contributed by atoms with Crippen molar-refractivity contribution in [2.45, 2.75) is 30.3 Å². The van der Waals surface area contributed by atoms with Crippen molar-refractivity contribution >= 4 is 15.8 Å². The third-order valence-electron chi connectivity index (χ3n) is 3.32. The van der Waals surface area contributed by atoms with Gasteiger partial charge in [0, 0.05) is 19.3 Å². The number of nitrogens with two attached hydrogens (primary N) is 1. The predicted octanol–water partition coefficient (Wildman–Crippen LogP) is -0.0973. The molecule has 0 atom stereocenters. The van der Waals surface area contributed by atoms with E-state index in [1.54, 1.807) is 13.0 Å². The largest absolute Gasteiger partial charge is 0.390 e. The molecule has 0 spiro atoms. The number of piperidine rings is 1. The molecule has 0 bridgehead atoms. The topological polar surface area (TPSA) is 109 Å². The number of nitrogen functional groups attached to an aromatic ring is 1. The molecular weight excluding hydrogens is 268 g/mol. The molecule has 19 heavy (non-hydrogen) atoms. The Bertz CT molecular complexity index is 549. The van der Waals surface area contributed by atoms with Gasteiger partial charge >= 0.3 is 0 Å². The molecular formula is C11H18N4O3S. The summed E-state index contributed by atoms with van der Waals surface area (Å²) in [5, 5.41) is 9.86. The molecule has 0 amide bonds. The number of sulfonamides is 1. The van der Waals surface area contributed by atoms with Crippen LogP contribution < -0.4 is 11.3 Å². The fourth-order valence-corrected chi connectivity index (χ4v) is 3.60. The molecule has 7 nitrogen and oxygen atoms in total. The van der Waals surface area contributed by atoms with Gasteiger partial charge in [0.1, 0.15) is 4.90 Å². The number of nitrogens with one attached hydrogen (secondary N) is 1. The minimum Gasteiger partial charge on any atom is -0.390 e. The highest BCUT2D eigenvalue weighted by molar-refractivity contribution is 7.89. The Morgan fingerprint density at radius 2 is 2.11 bits per heavy atom. The molecule has 1 aromatic rings. The summed E-state index contributed by atoms with van der Waals surface area (Å²) in [6, 6.07) is 3.01. The summed E-state index contributed by atoms with van der Waals surface area (Å²) in [5.41, 5.74) is 1.49. The van der Waals surface area contributed by atoms with Gasteiger partial charge in [-0.15, -0.1) is 0 Å². The minimum absolute atomic E-state index is 0.0547. The van der Waals surface area contributed by atoms with E-state index in [4.69, 9.17) is 5.84 Å². The van der Waals surface area contributed by atoms with Crippen molar-refractivity contribution in [3.05, 3.63) is 18.3 Å². The maximum atomic E-state index is 12.5. The Morgan fingerprint density at radius 3 is 2.68 bits per heavy atom. The molecule has 1 aromatic heterocycles. The lowest BCUT2D eigenvalue weighted by Gasteiger charge is -2.35. The molecule has 0 aromatic carbocycles. The van der Waals surface area contributed by atoms with Crippen LogP contribution in [0.3, 0.4) is 0 Å². The molecule has 0 unspecified atom stereocenters. The van der Waals surface area contributed by atoms with Crippen LogP contribution in [0.5, 0.6) is 0 Å². The lowest BCUT2D eigenvalue weighted by atomic mass is 9.95. The first kappa shape index (κ1) is 14.2. The van der Waals surface area contributed by atoms with Crippen molar-refractivity contribution in [1.29, 1.82) is 0 Å². The monoisotopic (exact) mass is 286 g/mol. The van der Waals surface area contributed by atoms with Crippen LogP contribution >= 0.6 is 0 Å². The molecule has 2 rings (SSSR count). The molecule has 8 heteroatoms. The summed E-state index contributed by atoms with van der Waals surface area (Å²) >= 11 is 0. The normalized spacial score (nSPS) is 20.2. The number of aromatic nitrogens is 1. The SMILES string of the molecule is CC1(O)CCN(S(=O)(=O)c2cccnc2NN)CC1. The lowest BCUT2D eigenvalue weighted by Crippen LogP contribution is -2.45. The van der Waals surface area contributed by atoms with Crippen molar-refractivity contribution < 1.29 is 13.5 Å². The Kier molecular flexibility index (Phi) is 3.77. The molecule has 0 aliphatic carbocycles. The zero-order valence-corrected chi connectivity index (χ0v) is 11.5. The van der Waals surface area contributed by atoms with E-state index in [1.807, 2.05) is 0 Å². The van der Waals surface area contributed by atoms with E-state index < -0.39 is 15.6 Å². The average Bonchev–Trinajstić information content (AvgIpc) is 2.38. The zero-order valence-electron chi connectivity index (χ0n) is 10.7. The van der Waals surface area contributed by atoms with E-state index >= 15 is 0 Å².